The van der Waals surface area contributed by atoms with Crippen LogP contribution in [-0.4, -0.2) is 36.5 Å². The SMILES string of the molecule is C=Cc1cc(NC(=O)C(C)(C)F)ccc1C(=O)N(C)C. The minimum Gasteiger partial charge on any atom is -0.345 e. The van der Waals surface area contributed by atoms with Crippen molar-refractivity contribution in [3.05, 3.63) is 35.9 Å². The average Bonchev–Trinajstić information content (AvgIpc) is 2.36. The van der Waals surface area contributed by atoms with E-state index in [-0.39, 0.29) is 5.91 Å². The van der Waals surface area contributed by atoms with Gasteiger partial charge in [0.25, 0.3) is 11.8 Å². The summed E-state index contributed by atoms with van der Waals surface area (Å²) in [5.74, 6) is -0.900. The maximum Gasteiger partial charge on any atom is 0.261 e. The smallest absolute Gasteiger partial charge is 0.261 e. The number of nitrogens with one attached hydrogen (secondary N) is 1. The fraction of sp³-hybridized carbons (Fsp3) is 0.333. The van der Waals surface area contributed by atoms with Gasteiger partial charge in [-0.2, -0.15) is 0 Å². The van der Waals surface area contributed by atoms with Crippen molar-refractivity contribution in [3.8, 4) is 0 Å². The molecule has 2 amide bonds. The van der Waals surface area contributed by atoms with Crippen molar-refractivity contribution >= 4 is 23.6 Å². The number of benzene rings is 1. The summed E-state index contributed by atoms with van der Waals surface area (Å²) in [5.41, 5.74) is -0.487. The molecular formula is C15H19FN2O2. The lowest BCUT2D eigenvalue weighted by Crippen LogP contribution is -2.32. The lowest BCUT2D eigenvalue weighted by atomic mass is 10.0. The zero-order chi connectivity index (χ0) is 15.5. The molecule has 0 aliphatic heterocycles. The largest absolute Gasteiger partial charge is 0.345 e. The number of nitrogens with zero attached hydrogens (tertiary/aromatic N) is 1. The van der Waals surface area contributed by atoms with Crippen molar-refractivity contribution in [2.45, 2.75) is 19.5 Å². The van der Waals surface area contributed by atoms with Crippen molar-refractivity contribution in [1.29, 1.82) is 0 Å². The highest BCUT2D eigenvalue weighted by Gasteiger charge is 2.26. The Bertz CT molecular complexity index is 545. The second kappa shape index (κ2) is 5.86. The minimum atomic E-state index is -1.97. The van der Waals surface area contributed by atoms with Crippen molar-refractivity contribution < 1.29 is 14.0 Å². The van der Waals surface area contributed by atoms with E-state index in [0.717, 1.165) is 0 Å². The molecule has 0 aromatic heterocycles. The van der Waals surface area contributed by atoms with Gasteiger partial charge in [-0.25, -0.2) is 4.39 Å². The zero-order valence-corrected chi connectivity index (χ0v) is 12.2. The van der Waals surface area contributed by atoms with Crippen LogP contribution < -0.4 is 5.32 Å². The van der Waals surface area contributed by atoms with Crippen LogP contribution in [0.1, 0.15) is 29.8 Å². The summed E-state index contributed by atoms with van der Waals surface area (Å²) < 4.78 is 13.5. The van der Waals surface area contributed by atoms with Crippen molar-refractivity contribution in [2.24, 2.45) is 0 Å². The van der Waals surface area contributed by atoms with Crippen LogP contribution in [0.2, 0.25) is 0 Å². The summed E-state index contributed by atoms with van der Waals surface area (Å²) in [6.45, 7) is 6.01. The third-order valence-corrected chi connectivity index (χ3v) is 2.71. The first-order chi connectivity index (χ1) is 9.16. The molecule has 4 nitrogen and oxygen atoms in total. The highest BCUT2D eigenvalue weighted by atomic mass is 19.1. The zero-order valence-electron chi connectivity index (χ0n) is 12.2. The van der Waals surface area contributed by atoms with Crippen LogP contribution in [0.25, 0.3) is 6.08 Å². The van der Waals surface area contributed by atoms with Gasteiger partial charge in [-0.15, -0.1) is 0 Å². The van der Waals surface area contributed by atoms with E-state index in [9.17, 15) is 14.0 Å². The lowest BCUT2D eigenvalue weighted by Gasteiger charge is -2.16. The number of carbonyl (C=O) groups excluding carboxylic acids is 2. The predicted molar refractivity (Wildman–Crippen MR) is 78.4 cm³/mol. The summed E-state index contributed by atoms with van der Waals surface area (Å²) in [4.78, 5) is 25.0. The molecule has 5 heteroatoms. The van der Waals surface area contributed by atoms with E-state index in [4.69, 9.17) is 0 Å². The second-order valence-electron chi connectivity index (χ2n) is 5.13. The molecule has 20 heavy (non-hydrogen) atoms. The summed E-state index contributed by atoms with van der Waals surface area (Å²) >= 11 is 0. The molecule has 0 heterocycles. The van der Waals surface area contributed by atoms with E-state index in [0.29, 0.717) is 16.8 Å². The molecule has 0 bridgehead atoms. The molecule has 0 unspecified atom stereocenters. The molecule has 1 aromatic rings. The molecule has 1 N–H and O–H groups in total. The van der Waals surface area contributed by atoms with Gasteiger partial charge in [-0.1, -0.05) is 12.7 Å². The van der Waals surface area contributed by atoms with Crippen LogP contribution in [0.4, 0.5) is 10.1 Å². The maximum absolute atomic E-state index is 13.5. The Morgan fingerprint density at radius 1 is 1.35 bits per heavy atom. The number of hydrogen-bond donors (Lipinski definition) is 1. The number of alkyl halides is 1. The number of carbonyl (C=O) groups is 2. The Labute approximate surface area is 118 Å². The number of anilines is 1. The molecule has 0 atom stereocenters. The summed E-state index contributed by atoms with van der Waals surface area (Å²) in [6.07, 6.45) is 1.52. The fourth-order valence-electron chi connectivity index (χ4n) is 1.52. The standard InChI is InChI=1S/C15H19FN2O2/c1-6-10-9-11(17-14(20)15(2,3)16)7-8-12(10)13(19)18(4)5/h6-9H,1H2,2-5H3,(H,17,20). The van der Waals surface area contributed by atoms with Gasteiger partial charge in [0.1, 0.15) is 0 Å². The second-order valence-corrected chi connectivity index (χ2v) is 5.13. The molecule has 0 aliphatic carbocycles. The number of rotatable bonds is 4. The molecule has 108 valence electrons. The third-order valence-electron chi connectivity index (χ3n) is 2.71. The Kier molecular flexibility index (Phi) is 4.65. The molecule has 0 saturated carbocycles. The fourth-order valence-corrected chi connectivity index (χ4v) is 1.52. The monoisotopic (exact) mass is 278 g/mol. The van der Waals surface area contributed by atoms with E-state index in [2.05, 4.69) is 11.9 Å². The molecule has 0 saturated heterocycles. The first-order valence-corrected chi connectivity index (χ1v) is 6.15. The van der Waals surface area contributed by atoms with Gasteiger partial charge >= 0.3 is 0 Å². The summed E-state index contributed by atoms with van der Waals surface area (Å²) in [7, 11) is 3.30. The van der Waals surface area contributed by atoms with Crippen LogP contribution in [0.5, 0.6) is 0 Å². The van der Waals surface area contributed by atoms with E-state index >= 15 is 0 Å². The minimum absolute atomic E-state index is 0.163. The maximum atomic E-state index is 13.5. The van der Waals surface area contributed by atoms with Gasteiger partial charge in [-0.05, 0) is 37.6 Å². The van der Waals surface area contributed by atoms with Gasteiger partial charge in [0, 0.05) is 25.3 Å². The van der Waals surface area contributed by atoms with Crippen LogP contribution in [0.3, 0.4) is 0 Å². The molecule has 1 rings (SSSR count). The van der Waals surface area contributed by atoms with Crippen LogP contribution in [0, 0.1) is 0 Å². The quantitative estimate of drug-likeness (QED) is 0.920. The number of amides is 2. The van der Waals surface area contributed by atoms with E-state index in [1.807, 2.05) is 0 Å². The normalized spacial score (nSPS) is 10.8. The molecule has 0 fully saturated rings. The van der Waals surface area contributed by atoms with Gasteiger partial charge in [-0.3, -0.25) is 9.59 Å². The average molecular weight is 278 g/mol. The first-order valence-electron chi connectivity index (χ1n) is 6.15. The lowest BCUT2D eigenvalue weighted by molar-refractivity contribution is -0.125. The first kappa shape index (κ1) is 15.9. The molecule has 1 aromatic carbocycles. The topological polar surface area (TPSA) is 49.4 Å². The van der Waals surface area contributed by atoms with E-state index < -0.39 is 11.6 Å². The van der Waals surface area contributed by atoms with Crippen LogP contribution >= 0.6 is 0 Å². The predicted octanol–water partition coefficient (Wildman–Crippen LogP) is 2.72. The Balaban J connectivity index is 3.08. The summed E-state index contributed by atoms with van der Waals surface area (Å²) in [6, 6.07) is 4.74. The highest BCUT2D eigenvalue weighted by molar-refractivity contribution is 6.00. The van der Waals surface area contributed by atoms with Gasteiger partial charge < -0.3 is 10.2 Å². The third kappa shape index (κ3) is 3.66. The molecule has 0 radical (unpaired) electrons. The number of halogens is 1. The Hall–Kier alpha value is -2.17. The highest BCUT2D eigenvalue weighted by Crippen LogP contribution is 2.20. The van der Waals surface area contributed by atoms with E-state index in [1.165, 1.54) is 24.8 Å². The van der Waals surface area contributed by atoms with Gasteiger partial charge in [0.2, 0.25) is 0 Å². The Morgan fingerprint density at radius 3 is 2.40 bits per heavy atom. The van der Waals surface area contributed by atoms with Gasteiger partial charge in [0.05, 0.1) is 0 Å². The molecular weight excluding hydrogens is 259 g/mol. The van der Waals surface area contributed by atoms with Gasteiger partial charge in [0.15, 0.2) is 5.67 Å². The van der Waals surface area contributed by atoms with Crippen LogP contribution in [-0.2, 0) is 4.79 Å². The van der Waals surface area contributed by atoms with E-state index in [1.54, 1.807) is 32.3 Å². The Morgan fingerprint density at radius 2 is 1.95 bits per heavy atom. The molecule has 0 spiro atoms. The van der Waals surface area contributed by atoms with Crippen LogP contribution in [0.15, 0.2) is 24.8 Å². The molecule has 0 aliphatic rings. The van der Waals surface area contributed by atoms with Crippen molar-refractivity contribution in [2.75, 3.05) is 19.4 Å². The summed E-state index contributed by atoms with van der Waals surface area (Å²) in [5, 5.41) is 2.47. The number of hydrogen-bond acceptors (Lipinski definition) is 2. The van der Waals surface area contributed by atoms with Crippen molar-refractivity contribution in [3.63, 3.8) is 0 Å². The van der Waals surface area contributed by atoms with Crippen molar-refractivity contribution in [1.82, 2.24) is 4.90 Å².